The summed E-state index contributed by atoms with van der Waals surface area (Å²) < 4.78 is 51.8. The molecule has 98 valence electrons. The van der Waals surface area contributed by atoms with Crippen LogP contribution in [0.15, 0.2) is 17.0 Å². The van der Waals surface area contributed by atoms with Gasteiger partial charge < -0.3 is 5.73 Å². The lowest BCUT2D eigenvalue weighted by molar-refractivity contribution is 0.545. The van der Waals surface area contributed by atoms with Crippen LogP contribution in [-0.2, 0) is 10.0 Å². The van der Waals surface area contributed by atoms with Crippen LogP contribution in [0.4, 0.5) is 14.5 Å². The summed E-state index contributed by atoms with van der Waals surface area (Å²) in [4.78, 5) is -0.675. The Labute approximate surface area is 104 Å². The maximum absolute atomic E-state index is 13.4. The Morgan fingerprint density at radius 3 is 2.61 bits per heavy atom. The van der Waals surface area contributed by atoms with Crippen molar-refractivity contribution in [2.75, 3.05) is 12.3 Å². The highest BCUT2D eigenvalue weighted by Gasteiger charge is 2.20. The molecule has 0 fully saturated rings. The molecule has 0 unspecified atom stereocenters. The van der Waals surface area contributed by atoms with Gasteiger partial charge in [0.25, 0.3) is 0 Å². The summed E-state index contributed by atoms with van der Waals surface area (Å²) in [5.74, 6) is 3.06. The molecule has 4 nitrogen and oxygen atoms in total. The quantitative estimate of drug-likeness (QED) is 0.493. The van der Waals surface area contributed by atoms with Crippen LogP contribution in [0.3, 0.4) is 0 Å². The maximum atomic E-state index is 13.4. The second kappa shape index (κ2) is 5.80. The summed E-state index contributed by atoms with van der Waals surface area (Å²) in [6, 6.07) is 1.19. The third-order valence-electron chi connectivity index (χ3n) is 2.06. The summed E-state index contributed by atoms with van der Waals surface area (Å²) in [7, 11) is -4.05. The highest BCUT2D eigenvalue weighted by Crippen LogP contribution is 2.20. The van der Waals surface area contributed by atoms with Gasteiger partial charge in [0, 0.05) is 19.0 Å². The van der Waals surface area contributed by atoms with Crippen molar-refractivity contribution in [1.82, 2.24) is 4.72 Å². The Bertz CT molecular complexity index is 603. The fourth-order valence-electron chi connectivity index (χ4n) is 1.20. The van der Waals surface area contributed by atoms with Gasteiger partial charge in [-0.25, -0.2) is 21.9 Å². The molecule has 1 rings (SSSR count). The molecular formula is C11H12F2N2O2S. The van der Waals surface area contributed by atoms with Gasteiger partial charge in [0.15, 0.2) is 0 Å². The second-order valence-corrected chi connectivity index (χ2v) is 5.11. The van der Waals surface area contributed by atoms with Crippen molar-refractivity contribution in [1.29, 1.82) is 0 Å². The van der Waals surface area contributed by atoms with E-state index in [1.54, 1.807) is 6.92 Å². The van der Waals surface area contributed by atoms with Crippen molar-refractivity contribution in [3.05, 3.63) is 23.8 Å². The monoisotopic (exact) mass is 274 g/mol. The van der Waals surface area contributed by atoms with Crippen LogP contribution in [0.5, 0.6) is 0 Å². The molecule has 7 heteroatoms. The third-order valence-corrected chi connectivity index (χ3v) is 3.54. The first-order chi connectivity index (χ1) is 8.38. The molecule has 0 saturated heterocycles. The lowest BCUT2D eigenvalue weighted by Crippen LogP contribution is -2.25. The van der Waals surface area contributed by atoms with Crippen LogP contribution in [0.1, 0.15) is 13.3 Å². The molecule has 1 aromatic rings. The summed E-state index contributed by atoms with van der Waals surface area (Å²) in [5, 5.41) is 0. The standard InChI is InChI=1S/C11H12F2N2O2S/c1-2-3-4-5-15-18(16,17)11-7-10(14)8(12)6-9(11)13/h6-7,15H,4-5,14H2,1H3. The van der Waals surface area contributed by atoms with Gasteiger partial charge in [-0.05, 0) is 13.0 Å². The van der Waals surface area contributed by atoms with Crippen LogP contribution in [0.2, 0.25) is 0 Å². The predicted molar refractivity (Wildman–Crippen MR) is 64.0 cm³/mol. The predicted octanol–water partition coefficient (Wildman–Crippen LogP) is 1.24. The van der Waals surface area contributed by atoms with Gasteiger partial charge in [-0.1, -0.05) is 0 Å². The number of hydrogen-bond acceptors (Lipinski definition) is 3. The lowest BCUT2D eigenvalue weighted by atomic mass is 10.3. The zero-order valence-electron chi connectivity index (χ0n) is 9.63. The largest absolute Gasteiger partial charge is 0.396 e. The zero-order valence-corrected chi connectivity index (χ0v) is 10.4. The lowest BCUT2D eigenvalue weighted by Gasteiger charge is -2.07. The molecule has 0 aliphatic heterocycles. The number of hydrogen-bond donors (Lipinski definition) is 2. The fourth-order valence-corrected chi connectivity index (χ4v) is 2.33. The third kappa shape index (κ3) is 3.42. The van der Waals surface area contributed by atoms with Gasteiger partial charge in [-0.3, -0.25) is 0 Å². The van der Waals surface area contributed by atoms with E-state index in [0.717, 1.165) is 6.07 Å². The molecule has 0 aromatic heterocycles. The normalized spacial score (nSPS) is 10.8. The first kappa shape index (κ1) is 14.4. The smallest absolute Gasteiger partial charge is 0.243 e. The van der Waals surface area contributed by atoms with E-state index in [9.17, 15) is 17.2 Å². The van der Waals surface area contributed by atoms with E-state index in [2.05, 4.69) is 16.6 Å². The van der Waals surface area contributed by atoms with E-state index in [4.69, 9.17) is 5.73 Å². The second-order valence-electron chi connectivity index (χ2n) is 3.38. The van der Waals surface area contributed by atoms with Crippen molar-refractivity contribution < 1.29 is 17.2 Å². The number of benzene rings is 1. The topological polar surface area (TPSA) is 72.2 Å². The Morgan fingerprint density at radius 2 is 2.00 bits per heavy atom. The van der Waals surface area contributed by atoms with Gasteiger partial charge in [0.2, 0.25) is 10.0 Å². The maximum Gasteiger partial charge on any atom is 0.243 e. The molecule has 0 saturated carbocycles. The van der Waals surface area contributed by atoms with E-state index in [1.807, 2.05) is 0 Å². The number of nitrogens with one attached hydrogen (secondary N) is 1. The minimum absolute atomic E-state index is 0.0416. The van der Waals surface area contributed by atoms with Gasteiger partial charge >= 0.3 is 0 Å². The van der Waals surface area contributed by atoms with E-state index in [0.29, 0.717) is 12.5 Å². The molecule has 0 aliphatic carbocycles. The number of rotatable bonds is 4. The molecule has 0 radical (unpaired) electrons. The minimum Gasteiger partial charge on any atom is -0.396 e. The molecule has 0 amide bonds. The van der Waals surface area contributed by atoms with Gasteiger partial charge in [-0.15, -0.1) is 11.8 Å². The highest BCUT2D eigenvalue weighted by molar-refractivity contribution is 7.89. The first-order valence-electron chi connectivity index (χ1n) is 5.02. The number of nitrogen functional groups attached to an aromatic ring is 1. The molecular weight excluding hydrogens is 262 g/mol. The van der Waals surface area contributed by atoms with Crippen LogP contribution >= 0.6 is 0 Å². The summed E-state index contributed by atoms with van der Waals surface area (Å²) in [6.45, 7) is 1.66. The average molecular weight is 274 g/mol. The minimum atomic E-state index is -4.05. The van der Waals surface area contributed by atoms with Gasteiger partial charge in [0.1, 0.15) is 16.5 Å². The van der Waals surface area contributed by atoms with Gasteiger partial charge in [-0.2, -0.15) is 0 Å². The Kier molecular flexibility index (Phi) is 4.64. The Balaban J connectivity index is 2.97. The van der Waals surface area contributed by atoms with Crippen molar-refractivity contribution in [3.8, 4) is 11.8 Å². The van der Waals surface area contributed by atoms with E-state index < -0.39 is 32.2 Å². The Morgan fingerprint density at radius 1 is 1.33 bits per heavy atom. The van der Waals surface area contributed by atoms with Crippen LogP contribution in [-0.4, -0.2) is 15.0 Å². The van der Waals surface area contributed by atoms with Crippen LogP contribution < -0.4 is 10.5 Å². The average Bonchev–Trinajstić information content (AvgIpc) is 2.29. The summed E-state index contributed by atoms with van der Waals surface area (Å²) in [6.07, 6.45) is 0.300. The molecule has 18 heavy (non-hydrogen) atoms. The Hall–Kier alpha value is -1.65. The van der Waals surface area contributed by atoms with Crippen LogP contribution in [0.25, 0.3) is 0 Å². The fraction of sp³-hybridized carbons (Fsp3) is 0.273. The van der Waals surface area contributed by atoms with E-state index in [1.165, 1.54) is 0 Å². The van der Waals surface area contributed by atoms with E-state index in [-0.39, 0.29) is 6.54 Å². The molecule has 0 heterocycles. The highest BCUT2D eigenvalue weighted by atomic mass is 32.2. The van der Waals surface area contributed by atoms with Crippen molar-refractivity contribution in [2.45, 2.75) is 18.2 Å². The number of sulfonamides is 1. The van der Waals surface area contributed by atoms with Crippen molar-refractivity contribution >= 4 is 15.7 Å². The molecule has 1 aromatic carbocycles. The number of nitrogens with two attached hydrogens (primary N) is 1. The molecule has 3 N–H and O–H groups in total. The molecule has 0 aliphatic rings. The summed E-state index contributed by atoms with van der Waals surface area (Å²) >= 11 is 0. The summed E-state index contributed by atoms with van der Waals surface area (Å²) in [5.41, 5.74) is 4.78. The SMILES string of the molecule is CC#CCCNS(=O)(=O)c1cc(N)c(F)cc1F. The number of anilines is 1. The molecule has 0 spiro atoms. The van der Waals surface area contributed by atoms with E-state index >= 15 is 0 Å². The van der Waals surface area contributed by atoms with Crippen LogP contribution in [0, 0.1) is 23.5 Å². The molecule has 0 bridgehead atoms. The van der Waals surface area contributed by atoms with Gasteiger partial charge in [0.05, 0.1) is 5.69 Å². The number of halogens is 2. The zero-order chi connectivity index (χ0) is 13.8. The van der Waals surface area contributed by atoms with Crippen molar-refractivity contribution in [3.63, 3.8) is 0 Å². The molecule has 0 atom stereocenters. The van der Waals surface area contributed by atoms with Crippen molar-refractivity contribution in [2.24, 2.45) is 0 Å². The first-order valence-corrected chi connectivity index (χ1v) is 6.50.